The molecular weight excluding hydrogens is 352 g/mol. The molecule has 25 heavy (non-hydrogen) atoms. The third-order valence-electron chi connectivity index (χ3n) is 2.88. The van der Waals surface area contributed by atoms with E-state index in [1.165, 1.54) is 37.3 Å². The first-order valence-corrected chi connectivity index (χ1v) is 8.50. The van der Waals surface area contributed by atoms with E-state index in [2.05, 4.69) is 16.0 Å². The summed E-state index contributed by atoms with van der Waals surface area (Å²) >= 11 is 0. The fourth-order valence-corrected chi connectivity index (χ4v) is 2.56. The largest absolute Gasteiger partial charge is 0.453 e. The number of methoxy groups -OCH3 is 1. The molecule has 1 atom stereocenters. The molecule has 2 amide bonds. The number of alkyl carbamates (subject to hydrolysis) is 1. The summed E-state index contributed by atoms with van der Waals surface area (Å²) in [5.74, 6) is -1.71. The lowest BCUT2D eigenvalue weighted by atomic mass is 10.2. The van der Waals surface area contributed by atoms with Crippen molar-refractivity contribution < 1.29 is 32.3 Å². The van der Waals surface area contributed by atoms with Crippen LogP contribution in [0.15, 0.2) is 41.8 Å². The summed E-state index contributed by atoms with van der Waals surface area (Å²) in [6.45, 7) is 4.75. The van der Waals surface area contributed by atoms with Gasteiger partial charge in [-0.1, -0.05) is 6.08 Å². The Bertz CT molecular complexity index is 757. The first-order chi connectivity index (χ1) is 11.7. The minimum absolute atomic E-state index is 0.0395. The molecule has 1 aromatic rings. The first-order valence-electron chi connectivity index (χ1n) is 7.01. The summed E-state index contributed by atoms with van der Waals surface area (Å²) in [6.07, 6.45) is -0.830. The van der Waals surface area contributed by atoms with E-state index < -0.39 is 34.1 Å². The zero-order chi connectivity index (χ0) is 19.0. The van der Waals surface area contributed by atoms with Crippen molar-refractivity contribution in [2.75, 3.05) is 13.7 Å². The number of rotatable bonds is 7. The highest BCUT2D eigenvalue weighted by molar-refractivity contribution is 7.89. The molecule has 0 unspecified atom stereocenters. The maximum atomic E-state index is 12.0. The van der Waals surface area contributed by atoms with E-state index >= 15 is 0 Å². The lowest BCUT2D eigenvalue weighted by molar-refractivity contribution is -0.128. The van der Waals surface area contributed by atoms with Crippen LogP contribution in [0.3, 0.4) is 0 Å². The zero-order valence-electron chi connectivity index (χ0n) is 13.6. The molecule has 0 aromatic heterocycles. The van der Waals surface area contributed by atoms with Crippen LogP contribution >= 0.6 is 0 Å². The number of carbonyl (C=O) groups is 3. The van der Waals surface area contributed by atoms with Crippen molar-refractivity contribution >= 4 is 28.0 Å². The molecule has 0 aliphatic heterocycles. The van der Waals surface area contributed by atoms with Gasteiger partial charge in [-0.25, -0.2) is 22.7 Å². The number of ether oxygens (including phenoxy) is 2. The lowest BCUT2D eigenvalue weighted by Gasteiger charge is -2.12. The fourth-order valence-electron chi connectivity index (χ4n) is 1.56. The molecule has 0 spiro atoms. The second-order valence-corrected chi connectivity index (χ2v) is 6.46. The van der Waals surface area contributed by atoms with Gasteiger partial charge in [-0.15, -0.1) is 6.58 Å². The molecule has 10 heteroatoms. The highest BCUT2D eigenvalue weighted by Crippen LogP contribution is 2.12. The molecule has 1 rings (SSSR count). The van der Waals surface area contributed by atoms with Gasteiger partial charge in [0, 0.05) is 6.54 Å². The van der Waals surface area contributed by atoms with Crippen molar-refractivity contribution in [1.82, 2.24) is 10.0 Å². The summed E-state index contributed by atoms with van der Waals surface area (Å²) in [5.41, 5.74) is 0.0420. The van der Waals surface area contributed by atoms with E-state index in [1.54, 1.807) is 0 Å². The van der Waals surface area contributed by atoms with Crippen LogP contribution in [0.5, 0.6) is 0 Å². The van der Waals surface area contributed by atoms with Crippen LogP contribution in [0.1, 0.15) is 17.3 Å². The summed E-state index contributed by atoms with van der Waals surface area (Å²) in [6, 6.07) is 4.94. The Morgan fingerprint density at radius 2 is 1.84 bits per heavy atom. The van der Waals surface area contributed by atoms with Gasteiger partial charge in [0.25, 0.3) is 5.91 Å². The number of hydrogen-bond donors (Lipinski definition) is 2. The van der Waals surface area contributed by atoms with Crippen LogP contribution in [-0.4, -0.2) is 46.1 Å². The molecular formula is C15H18N2O7S. The maximum absolute atomic E-state index is 12.0. The molecule has 0 heterocycles. The summed E-state index contributed by atoms with van der Waals surface area (Å²) in [7, 11) is -2.62. The Hall–Kier alpha value is -2.72. The van der Waals surface area contributed by atoms with Gasteiger partial charge in [-0.2, -0.15) is 0 Å². The Labute approximate surface area is 145 Å². The molecule has 0 fully saturated rings. The van der Waals surface area contributed by atoms with Crippen molar-refractivity contribution in [3.63, 3.8) is 0 Å². The molecule has 0 bridgehead atoms. The topological polar surface area (TPSA) is 128 Å². The predicted octanol–water partition coefficient (Wildman–Crippen LogP) is 0.579. The highest BCUT2D eigenvalue weighted by atomic mass is 32.2. The number of hydrogen-bond acceptors (Lipinski definition) is 7. The van der Waals surface area contributed by atoms with E-state index in [1.807, 2.05) is 5.32 Å². The molecule has 0 saturated carbocycles. The van der Waals surface area contributed by atoms with Crippen molar-refractivity contribution in [2.24, 2.45) is 0 Å². The Balaban J connectivity index is 2.75. The van der Waals surface area contributed by atoms with Crippen LogP contribution in [0.25, 0.3) is 0 Å². The molecule has 136 valence electrons. The van der Waals surface area contributed by atoms with Gasteiger partial charge in [0.15, 0.2) is 6.10 Å². The van der Waals surface area contributed by atoms with Crippen molar-refractivity contribution in [3.8, 4) is 0 Å². The average molecular weight is 370 g/mol. The lowest BCUT2D eigenvalue weighted by Crippen LogP contribution is -2.39. The van der Waals surface area contributed by atoms with E-state index in [-0.39, 0.29) is 17.0 Å². The normalized spacial score (nSPS) is 11.9. The highest BCUT2D eigenvalue weighted by Gasteiger charge is 2.21. The van der Waals surface area contributed by atoms with E-state index in [4.69, 9.17) is 4.74 Å². The standard InChI is InChI=1S/C15H18N2O7S/c1-4-9-16-25(21,22)12-7-5-11(6-8-12)14(19)24-10(2)13(18)17-15(20)23-3/h4-8,10,16H,1,9H2,2-3H3,(H,17,18,20)/t10-/m1/s1. The minimum Gasteiger partial charge on any atom is -0.453 e. The Morgan fingerprint density at radius 3 is 2.36 bits per heavy atom. The van der Waals surface area contributed by atoms with E-state index in [0.717, 1.165) is 7.11 Å². The number of esters is 1. The quantitative estimate of drug-likeness (QED) is 0.531. The average Bonchev–Trinajstić information content (AvgIpc) is 2.59. The third-order valence-corrected chi connectivity index (χ3v) is 4.32. The van der Waals surface area contributed by atoms with Gasteiger partial charge in [0.1, 0.15) is 0 Å². The number of carbonyl (C=O) groups excluding carboxylic acids is 3. The van der Waals surface area contributed by atoms with Crippen LogP contribution < -0.4 is 10.0 Å². The predicted molar refractivity (Wildman–Crippen MR) is 87.3 cm³/mol. The SMILES string of the molecule is C=CCNS(=O)(=O)c1ccc(C(=O)O[C@H](C)C(=O)NC(=O)OC)cc1. The number of nitrogens with one attached hydrogen (secondary N) is 2. The maximum Gasteiger partial charge on any atom is 0.413 e. The van der Waals surface area contributed by atoms with Gasteiger partial charge in [-0.3, -0.25) is 10.1 Å². The molecule has 0 saturated heterocycles. The Morgan fingerprint density at radius 1 is 1.24 bits per heavy atom. The molecule has 0 aliphatic rings. The third kappa shape index (κ3) is 6.01. The van der Waals surface area contributed by atoms with Crippen molar-refractivity contribution in [3.05, 3.63) is 42.5 Å². The number of amides is 2. The number of sulfonamides is 1. The second kappa shape index (κ2) is 8.94. The summed E-state index contributed by atoms with van der Waals surface area (Å²) in [5, 5.41) is 1.86. The molecule has 1 aromatic carbocycles. The molecule has 2 N–H and O–H groups in total. The summed E-state index contributed by atoms with van der Waals surface area (Å²) < 4.78 is 35.2. The van der Waals surface area contributed by atoms with Crippen LogP contribution in [0, 0.1) is 0 Å². The van der Waals surface area contributed by atoms with Gasteiger partial charge in [0.2, 0.25) is 10.0 Å². The van der Waals surface area contributed by atoms with Gasteiger partial charge < -0.3 is 9.47 Å². The number of benzene rings is 1. The van der Waals surface area contributed by atoms with E-state index in [9.17, 15) is 22.8 Å². The molecule has 9 nitrogen and oxygen atoms in total. The van der Waals surface area contributed by atoms with Gasteiger partial charge in [0.05, 0.1) is 17.6 Å². The van der Waals surface area contributed by atoms with Crippen molar-refractivity contribution in [2.45, 2.75) is 17.9 Å². The first kappa shape index (κ1) is 20.3. The van der Waals surface area contributed by atoms with Crippen LogP contribution in [-0.2, 0) is 24.3 Å². The second-order valence-electron chi connectivity index (χ2n) is 4.69. The van der Waals surface area contributed by atoms with Crippen LogP contribution in [0.4, 0.5) is 4.79 Å². The Kier molecular flexibility index (Phi) is 7.27. The fraction of sp³-hybridized carbons (Fsp3) is 0.267. The van der Waals surface area contributed by atoms with Gasteiger partial charge in [-0.05, 0) is 31.2 Å². The van der Waals surface area contributed by atoms with Crippen molar-refractivity contribution in [1.29, 1.82) is 0 Å². The minimum atomic E-state index is -3.71. The van der Waals surface area contributed by atoms with Gasteiger partial charge >= 0.3 is 12.1 Å². The summed E-state index contributed by atoms with van der Waals surface area (Å²) in [4.78, 5) is 34.4. The molecule has 0 aliphatic carbocycles. The molecule has 0 radical (unpaired) electrons. The smallest absolute Gasteiger partial charge is 0.413 e. The van der Waals surface area contributed by atoms with E-state index in [0.29, 0.717) is 0 Å². The monoisotopic (exact) mass is 370 g/mol. The zero-order valence-corrected chi connectivity index (χ0v) is 14.5. The van der Waals surface area contributed by atoms with Crippen LogP contribution in [0.2, 0.25) is 0 Å². The number of imide groups is 1.